The van der Waals surface area contributed by atoms with E-state index < -0.39 is 22.5 Å². The summed E-state index contributed by atoms with van der Waals surface area (Å²) in [6, 6.07) is 15.6. The van der Waals surface area contributed by atoms with E-state index in [9.17, 15) is 13.2 Å². The van der Waals surface area contributed by atoms with Gasteiger partial charge in [0.1, 0.15) is 13.2 Å². The molecule has 0 atom stereocenters. The fourth-order valence-electron chi connectivity index (χ4n) is 1.74. The number of aryl methyl sites for hydroxylation is 1. The summed E-state index contributed by atoms with van der Waals surface area (Å²) >= 11 is 0. The number of hydrogen-bond acceptors (Lipinski definition) is 4. The summed E-state index contributed by atoms with van der Waals surface area (Å²) in [5.74, 6) is -0.625. The molecular weight excluding hydrogens is 338 g/mol. The first-order chi connectivity index (χ1) is 11.9. The molecule has 0 unspecified atom stereocenters. The zero-order chi connectivity index (χ0) is 18.7. The van der Waals surface area contributed by atoms with Crippen molar-refractivity contribution in [2.45, 2.75) is 38.7 Å². The number of ether oxygens (including phenoxy) is 1. The number of sulfonamides is 1. The lowest BCUT2D eigenvalue weighted by molar-refractivity contribution is -0.143. The third kappa shape index (κ3) is 7.96. The molecule has 136 valence electrons. The number of hydrogen-bond donors (Lipinski definition) is 1. The second kappa shape index (κ2) is 10.6. The van der Waals surface area contributed by atoms with Crippen LogP contribution >= 0.6 is 0 Å². The molecule has 5 nitrogen and oxygen atoms in total. The van der Waals surface area contributed by atoms with Gasteiger partial charge in [0.15, 0.2) is 0 Å². The number of benzene rings is 2. The fourth-order valence-corrected chi connectivity index (χ4v) is 2.71. The quantitative estimate of drug-likeness (QED) is 0.798. The molecule has 2 aromatic carbocycles. The second-order valence-electron chi connectivity index (χ2n) is 5.49. The van der Waals surface area contributed by atoms with Crippen molar-refractivity contribution in [3.8, 4) is 0 Å². The van der Waals surface area contributed by atoms with Crippen LogP contribution in [0, 0.1) is 6.92 Å². The topological polar surface area (TPSA) is 72.5 Å². The Morgan fingerprint density at radius 2 is 1.56 bits per heavy atom. The third-order valence-electron chi connectivity index (χ3n) is 2.98. The van der Waals surface area contributed by atoms with E-state index in [2.05, 4.69) is 18.6 Å². The molecule has 0 radical (unpaired) electrons. The smallest absolute Gasteiger partial charge is 0.321 e. The molecule has 0 aliphatic heterocycles. The van der Waals surface area contributed by atoms with Gasteiger partial charge in [0.25, 0.3) is 0 Å². The van der Waals surface area contributed by atoms with Crippen molar-refractivity contribution in [2.75, 3.05) is 6.54 Å². The maximum Gasteiger partial charge on any atom is 0.321 e. The molecule has 2 rings (SSSR count). The molecule has 0 amide bonds. The first-order valence-corrected chi connectivity index (χ1v) is 9.63. The highest BCUT2D eigenvalue weighted by atomic mass is 32.2. The summed E-state index contributed by atoms with van der Waals surface area (Å²) in [5, 5.41) is 0. The Morgan fingerprint density at radius 1 is 1.00 bits per heavy atom. The van der Waals surface area contributed by atoms with E-state index >= 15 is 0 Å². The van der Waals surface area contributed by atoms with Crippen molar-refractivity contribution in [3.05, 3.63) is 65.7 Å². The maximum absolute atomic E-state index is 12.0. The highest BCUT2D eigenvalue weighted by molar-refractivity contribution is 7.89. The Kier molecular flexibility index (Phi) is 8.88. The molecular formula is C19H25NO4S. The van der Waals surface area contributed by atoms with Gasteiger partial charge in [-0.1, -0.05) is 68.3 Å². The Hall–Kier alpha value is -2.18. The highest BCUT2D eigenvalue weighted by Gasteiger charge is 2.15. The molecule has 0 saturated carbocycles. The summed E-state index contributed by atoms with van der Waals surface area (Å²) in [6.45, 7) is 5.83. The van der Waals surface area contributed by atoms with Gasteiger partial charge in [-0.15, -0.1) is 0 Å². The van der Waals surface area contributed by atoms with Gasteiger partial charge < -0.3 is 4.74 Å². The van der Waals surface area contributed by atoms with Crippen LogP contribution in [0.3, 0.4) is 0 Å². The van der Waals surface area contributed by atoms with Crippen molar-refractivity contribution in [1.82, 2.24) is 4.72 Å². The van der Waals surface area contributed by atoms with E-state index in [1.165, 1.54) is 18.6 Å². The third-order valence-corrected chi connectivity index (χ3v) is 4.40. The Morgan fingerprint density at radius 3 is 2.12 bits per heavy atom. The van der Waals surface area contributed by atoms with Gasteiger partial charge in [0.2, 0.25) is 10.0 Å². The molecule has 0 spiro atoms. The summed E-state index contributed by atoms with van der Waals surface area (Å²) in [6.07, 6.45) is 1.25. The number of nitrogens with one attached hydrogen (secondary N) is 1. The van der Waals surface area contributed by atoms with Crippen LogP contribution in [0.4, 0.5) is 0 Å². The van der Waals surface area contributed by atoms with E-state index in [0.29, 0.717) is 0 Å². The molecule has 0 aliphatic carbocycles. The van der Waals surface area contributed by atoms with Crippen LogP contribution in [0.2, 0.25) is 0 Å². The number of rotatable bonds is 6. The van der Waals surface area contributed by atoms with E-state index in [-0.39, 0.29) is 11.5 Å². The molecule has 0 fully saturated rings. The van der Waals surface area contributed by atoms with Crippen molar-refractivity contribution in [2.24, 2.45) is 0 Å². The lowest BCUT2D eigenvalue weighted by Gasteiger charge is -2.08. The standard InChI is InChI=1S/C16H17NO4S.C3H8/c1-13-7-9-15(10-8-13)22(19,20)17-11-16(18)21-12-14-5-3-2-4-6-14;1-3-2/h2-10,17H,11-12H2,1H3;3H2,1-2H3. The molecule has 25 heavy (non-hydrogen) atoms. The van der Waals surface area contributed by atoms with Crippen LogP contribution in [0.15, 0.2) is 59.5 Å². The molecule has 6 heteroatoms. The predicted octanol–water partition coefficient (Wildman–Crippen LogP) is 3.43. The van der Waals surface area contributed by atoms with Gasteiger partial charge in [0.05, 0.1) is 4.90 Å². The zero-order valence-electron chi connectivity index (χ0n) is 14.9. The lowest BCUT2D eigenvalue weighted by Crippen LogP contribution is -2.30. The van der Waals surface area contributed by atoms with Crippen molar-refractivity contribution >= 4 is 16.0 Å². The summed E-state index contributed by atoms with van der Waals surface area (Å²) < 4.78 is 31.2. The zero-order valence-corrected chi connectivity index (χ0v) is 15.7. The molecule has 0 bridgehead atoms. The van der Waals surface area contributed by atoms with E-state index in [4.69, 9.17) is 4.74 Å². The minimum Gasteiger partial charge on any atom is -0.460 e. The minimum atomic E-state index is -3.71. The van der Waals surface area contributed by atoms with Crippen LogP contribution in [0.1, 0.15) is 31.4 Å². The Balaban J connectivity index is 0.000000970. The largest absolute Gasteiger partial charge is 0.460 e. The molecule has 2 aromatic rings. The fraction of sp³-hybridized carbons (Fsp3) is 0.316. The number of carbonyl (C=O) groups excluding carboxylic acids is 1. The van der Waals surface area contributed by atoms with Gasteiger partial charge in [-0.2, -0.15) is 4.72 Å². The van der Waals surface area contributed by atoms with Crippen molar-refractivity contribution in [3.63, 3.8) is 0 Å². The number of carbonyl (C=O) groups is 1. The average Bonchev–Trinajstić information content (AvgIpc) is 2.60. The first kappa shape index (κ1) is 20.9. The molecule has 0 aromatic heterocycles. The normalized spacial score (nSPS) is 10.5. The van der Waals surface area contributed by atoms with Crippen molar-refractivity contribution < 1.29 is 17.9 Å². The van der Waals surface area contributed by atoms with Gasteiger partial charge in [0, 0.05) is 0 Å². The summed E-state index contributed by atoms with van der Waals surface area (Å²) in [5.41, 5.74) is 1.80. The van der Waals surface area contributed by atoms with Crippen LogP contribution in [-0.4, -0.2) is 20.9 Å². The monoisotopic (exact) mass is 363 g/mol. The molecule has 1 N–H and O–H groups in total. The average molecular weight is 363 g/mol. The van der Waals surface area contributed by atoms with Crippen LogP contribution in [0.5, 0.6) is 0 Å². The predicted molar refractivity (Wildman–Crippen MR) is 98.6 cm³/mol. The van der Waals surface area contributed by atoms with Crippen molar-refractivity contribution in [1.29, 1.82) is 0 Å². The van der Waals surface area contributed by atoms with Gasteiger partial charge in [-0.3, -0.25) is 4.79 Å². The summed E-state index contributed by atoms with van der Waals surface area (Å²) in [4.78, 5) is 11.7. The molecule has 0 aliphatic rings. The van der Waals surface area contributed by atoms with Crippen LogP contribution in [0.25, 0.3) is 0 Å². The Labute approximate surface area is 150 Å². The second-order valence-corrected chi connectivity index (χ2v) is 7.26. The van der Waals surface area contributed by atoms with E-state index in [0.717, 1.165) is 11.1 Å². The summed E-state index contributed by atoms with van der Waals surface area (Å²) in [7, 11) is -3.71. The maximum atomic E-state index is 12.0. The first-order valence-electron chi connectivity index (χ1n) is 8.15. The Bertz CT molecular complexity index is 741. The van der Waals surface area contributed by atoms with E-state index in [1.54, 1.807) is 12.1 Å². The van der Waals surface area contributed by atoms with E-state index in [1.807, 2.05) is 37.3 Å². The lowest BCUT2D eigenvalue weighted by atomic mass is 10.2. The van der Waals surface area contributed by atoms with Gasteiger partial charge in [-0.25, -0.2) is 8.42 Å². The number of esters is 1. The molecule has 0 heterocycles. The van der Waals surface area contributed by atoms with Crippen LogP contribution in [-0.2, 0) is 26.2 Å². The van der Waals surface area contributed by atoms with Gasteiger partial charge >= 0.3 is 5.97 Å². The molecule has 0 saturated heterocycles. The minimum absolute atomic E-state index is 0.117. The van der Waals surface area contributed by atoms with Gasteiger partial charge in [-0.05, 0) is 24.6 Å². The van der Waals surface area contributed by atoms with Crippen LogP contribution < -0.4 is 4.72 Å². The highest BCUT2D eigenvalue weighted by Crippen LogP contribution is 2.09. The SMILES string of the molecule is CCC.Cc1ccc(S(=O)(=O)NCC(=O)OCc2ccccc2)cc1.